The minimum atomic E-state index is 0. The molecule has 2 aromatic heterocycles. The van der Waals surface area contributed by atoms with Gasteiger partial charge in [-0.3, -0.25) is 9.97 Å². The van der Waals surface area contributed by atoms with E-state index in [1.165, 1.54) is 0 Å². The van der Waals surface area contributed by atoms with Crippen LogP contribution >= 0.6 is 0 Å². The summed E-state index contributed by atoms with van der Waals surface area (Å²) in [5.41, 5.74) is 2.90. The summed E-state index contributed by atoms with van der Waals surface area (Å²) in [5.74, 6) is 0. The molecule has 1 aromatic carbocycles. The molecule has 1 radical (unpaired) electrons. The predicted molar refractivity (Wildman–Crippen MR) is 96.4 cm³/mol. The van der Waals surface area contributed by atoms with Crippen molar-refractivity contribution in [3.63, 3.8) is 0 Å². The minimum absolute atomic E-state index is 0. The van der Waals surface area contributed by atoms with E-state index in [0.29, 0.717) is 0 Å². The Morgan fingerprint density at radius 3 is 1.92 bits per heavy atom. The van der Waals surface area contributed by atoms with Gasteiger partial charge in [-0.05, 0) is 43.7 Å². The maximum absolute atomic E-state index is 4.19. The Bertz CT molecular complexity index is 726. The molecule has 0 amide bonds. The fourth-order valence-corrected chi connectivity index (χ4v) is 2.17. The fraction of sp³-hybridized carbons (Fsp3) is 0.0500. The normalized spacial score (nSPS) is 12.2. The summed E-state index contributed by atoms with van der Waals surface area (Å²) < 4.78 is 0. The molecule has 0 spiro atoms. The molecule has 0 bridgehead atoms. The summed E-state index contributed by atoms with van der Waals surface area (Å²) >= 11 is 0. The van der Waals surface area contributed by atoms with Gasteiger partial charge in [-0.2, -0.15) is 37.0 Å². The van der Waals surface area contributed by atoms with Crippen LogP contribution in [0, 0.1) is 12.7 Å². The molecule has 0 fully saturated rings. The Labute approximate surface area is 162 Å². The van der Waals surface area contributed by atoms with Crippen molar-refractivity contribution in [1.82, 2.24) is 14.9 Å². The van der Waals surface area contributed by atoms with Gasteiger partial charge in [0.2, 0.25) is 0 Å². The standard InChI is InChI=1S/C10H10N2.C10H8N2.Ir/c1-11-7-8-12(9-11)10-5-3-2-4-6-10;1-3-7-11-9(5-1)10-6-2-4-8-12-10;/h2-5,7-9H,1H3;1-8H;/q-2;;. The first kappa shape index (κ1) is 18.8. The van der Waals surface area contributed by atoms with Crippen LogP contribution in [0.15, 0.2) is 85.5 Å². The van der Waals surface area contributed by atoms with Crippen LogP contribution in [0.1, 0.15) is 0 Å². The zero-order valence-corrected chi connectivity index (χ0v) is 16.2. The fourth-order valence-electron chi connectivity index (χ4n) is 2.17. The second-order valence-corrected chi connectivity index (χ2v) is 5.16. The van der Waals surface area contributed by atoms with Gasteiger partial charge in [-0.1, -0.05) is 12.1 Å². The molecule has 25 heavy (non-hydrogen) atoms. The Hall–Kier alpha value is -2.49. The molecule has 5 heteroatoms. The smallest absolute Gasteiger partial charge is 0.0886 e. The van der Waals surface area contributed by atoms with Crippen molar-refractivity contribution in [3.8, 4) is 11.4 Å². The van der Waals surface area contributed by atoms with E-state index in [4.69, 9.17) is 0 Å². The monoisotopic (exact) mass is 507 g/mol. The van der Waals surface area contributed by atoms with Crippen molar-refractivity contribution in [3.05, 3.63) is 98.2 Å². The number of aromatic nitrogens is 2. The van der Waals surface area contributed by atoms with Gasteiger partial charge in [0.15, 0.2) is 0 Å². The molecule has 3 aromatic rings. The van der Waals surface area contributed by atoms with Gasteiger partial charge in [0.05, 0.1) is 11.4 Å². The van der Waals surface area contributed by atoms with Crippen molar-refractivity contribution in [2.75, 3.05) is 11.9 Å². The molecule has 0 aliphatic carbocycles. The van der Waals surface area contributed by atoms with Crippen molar-refractivity contribution < 1.29 is 20.1 Å². The summed E-state index contributed by atoms with van der Waals surface area (Å²) in [4.78, 5) is 12.4. The van der Waals surface area contributed by atoms with Crippen LogP contribution in [-0.2, 0) is 20.1 Å². The summed E-state index contributed by atoms with van der Waals surface area (Å²) in [5, 5.41) is 0. The van der Waals surface area contributed by atoms with Gasteiger partial charge in [0, 0.05) is 32.5 Å². The van der Waals surface area contributed by atoms with Crippen molar-refractivity contribution >= 4 is 5.69 Å². The largest absolute Gasteiger partial charge is 0.510 e. The van der Waals surface area contributed by atoms with Crippen LogP contribution in [0.25, 0.3) is 11.4 Å². The molecule has 1 aliphatic heterocycles. The zero-order chi connectivity index (χ0) is 16.6. The molecule has 129 valence electrons. The zero-order valence-electron chi connectivity index (χ0n) is 13.8. The number of benzene rings is 1. The second-order valence-electron chi connectivity index (χ2n) is 5.16. The van der Waals surface area contributed by atoms with E-state index >= 15 is 0 Å². The minimum Gasteiger partial charge on any atom is -0.510 e. The molecular formula is C20H18IrN4-2. The maximum atomic E-state index is 4.19. The number of para-hydroxylation sites is 1. The molecule has 0 atom stereocenters. The van der Waals surface area contributed by atoms with Gasteiger partial charge < -0.3 is 9.80 Å². The predicted octanol–water partition coefficient (Wildman–Crippen LogP) is 3.97. The van der Waals surface area contributed by atoms with E-state index in [0.717, 1.165) is 17.1 Å². The van der Waals surface area contributed by atoms with Gasteiger partial charge in [0.1, 0.15) is 0 Å². The topological polar surface area (TPSA) is 32.3 Å². The molecule has 0 saturated heterocycles. The van der Waals surface area contributed by atoms with Crippen LogP contribution in [0.5, 0.6) is 0 Å². The Balaban J connectivity index is 0.000000173. The Morgan fingerprint density at radius 2 is 1.48 bits per heavy atom. The van der Waals surface area contributed by atoms with Crippen LogP contribution < -0.4 is 4.90 Å². The summed E-state index contributed by atoms with van der Waals surface area (Å²) in [7, 11) is 2.00. The van der Waals surface area contributed by atoms with Crippen molar-refractivity contribution in [2.45, 2.75) is 0 Å². The molecular weight excluding hydrogens is 488 g/mol. The SMILES string of the molecule is CN1C=CN(c2[c-]cccc2)[CH-]1.[Ir].c1ccc(-c2ccccn2)nc1. The molecule has 3 heterocycles. The van der Waals surface area contributed by atoms with Crippen molar-refractivity contribution in [1.29, 1.82) is 0 Å². The van der Waals surface area contributed by atoms with E-state index in [2.05, 4.69) is 16.0 Å². The third-order valence-electron chi connectivity index (χ3n) is 3.33. The average Bonchev–Trinajstić information content (AvgIpc) is 3.11. The Kier molecular flexibility index (Phi) is 7.33. The van der Waals surface area contributed by atoms with E-state index < -0.39 is 0 Å². The number of rotatable bonds is 2. The van der Waals surface area contributed by atoms with E-state index in [9.17, 15) is 0 Å². The molecule has 0 saturated carbocycles. The summed E-state index contributed by atoms with van der Waals surface area (Å²) in [6.45, 7) is 2.01. The van der Waals surface area contributed by atoms with Crippen LogP contribution in [-0.4, -0.2) is 21.9 Å². The van der Waals surface area contributed by atoms with Gasteiger partial charge in [-0.25, -0.2) is 0 Å². The third-order valence-corrected chi connectivity index (χ3v) is 3.33. The van der Waals surface area contributed by atoms with Gasteiger partial charge >= 0.3 is 0 Å². The first-order valence-electron chi connectivity index (χ1n) is 7.66. The molecule has 4 rings (SSSR count). The van der Waals surface area contributed by atoms with Crippen LogP contribution in [0.2, 0.25) is 0 Å². The molecule has 0 N–H and O–H groups in total. The first-order chi connectivity index (χ1) is 11.8. The number of nitrogens with zero attached hydrogens (tertiary/aromatic N) is 4. The number of hydrogen-bond acceptors (Lipinski definition) is 4. The first-order valence-corrected chi connectivity index (χ1v) is 7.66. The molecule has 1 aliphatic rings. The second kappa shape index (κ2) is 9.72. The van der Waals surface area contributed by atoms with E-state index in [1.807, 2.05) is 96.6 Å². The summed E-state index contributed by atoms with van der Waals surface area (Å²) in [6, 6.07) is 22.7. The number of pyridine rings is 2. The number of anilines is 1. The quantitative estimate of drug-likeness (QED) is 0.493. The maximum Gasteiger partial charge on any atom is 0.0886 e. The Morgan fingerprint density at radius 1 is 0.840 bits per heavy atom. The van der Waals surface area contributed by atoms with Crippen LogP contribution in [0.4, 0.5) is 5.69 Å². The van der Waals surface area contributed by atoms with Crippen LogP contribution in [0.3, 0.4) is 0 Å². The average molecular weight is 507 g/mol. The van der Waals surface area contributed by atoms with Gasteiger partial charge in [0.25, 0.3) is 0 Å². The van der Waals surface area contributed by atoms with Crippen molar-refractivity contribution in [2.24, 2.45) is 0 Å². The molecule has 0 unspecified atom stereocenters. The molecule has 4 nitrogen and oxygen atoms in total. The summed E-state index contributed by atoms with van der Waals surface area (Å²) in [6.07, 6.45) is 7.54. The van der Waals surface area contributed by atoms with E-state index in [-0.39, 0.29) is 20.1 Å². The van der Waals surface area contributed by atoms with E-state index in [1.54, 1.807) is 12.4 Å². The van der Waals surface area contributed by atoms with Gasteiger partial charge in [-0.15, -0.1) is 5.69 Å². The number of hydrogen-bond donors (Lipinski definition) is 0. The third kappa shape index (κ3) is 5.52.